The van der Waals surface area contributed by atoms with Crippen LogP contribution < -0.4 is 10.6 Å². The number of nitrogens with one attached hydrogen (secondary N) is 2. The third-order valence-electron chi connectivity index (χ3n) is 6.30. The minimum absolute atomic E-state index is 0.00115. The fourth-order valence-electron chi connectivity index (χ4n) is 5.85. The molecule has 4 nitrogen and oxygen atoms in total. The van der Waals surface area contributed by atoms with Crippen molar-refractivity contribution in [1.82, 2.24) is 10.6 Å². The number of urea groups is 1. The van der Waals surface area contributed by atoms with Gasteiger partial charge in [0.1, 0.15) is 0 Å². The molecule has 2 amide bonds. The van der Waals surface area contributed by atoms with Crippen molar-refractivity contribution in [2.75, 3.05) is 19.7 Å². The first kappa shape index (κ1) is 13.9. The molecule has 0 spiro atoms. The zero-order chi connectivity index (χ0) is 14.3. The SMILES string of the molecule is O=C(NCC1CCCO1)NCC12CC3CC(CC(C3)C1)C2. The monoisotopic (exact) mass is 292 g/mol. The summed E-state index contributed by atoms with van der Waals surface area (Å²) in [5, 5.41) is 6.14. The fourth-order valence-corrected chi connectivity index (χ4v) is 5.85. The summed E-state index contributed by atoms with van der Waals surface area (Å²) in [6.45, 7) is 2.39. The maximum absolute atomic E-state index is 12.0. The van der Waals surface area contributed by atoms with E-state index >= 15 is 0 Å². The molecule has 1 unspecified atom stereocenters. The van der Waals surface area contributed by atoms with Crippen LogP contribution in [0.2, 0.25) is 0 Å². The van der Waals surface area contributed by atoms with Crippen molar-refractivity contribution in [3.63, 3.8) is 0 Å². The van der Waals surface area contributed by atoms with E-state index in [1.54, 1.807) is 0 Å². The zero-order valence-corrected chi connectivity index (χ0v) is 12.9. The van der Waals surface area contributed by atoms with E-state index in [2.05, 4.69) is 10.6 Å². The van der Waals surface area contributed by atoms with Crippen LogP contribution >= 0.6 is 0 Å². The maximum Gasteiger partial charge on any atom is 0.314 e. The van der Waals surface area contributed by atoms with Crippen LogP contribution in [0.3, 0.4) is 0 Å². The third-order valence-corrected chi connectivity index (χ3v) is 6.30. The third kappa shape index (κ3) is 2.92. The van der Waals surface area contributed by atoms with Gasteiger partial charge in [-0.2, -0.15) is 0 Å². The summed E-state index contributed by atoms with van der Waals surface area (Å²) in [5.41, 5.74) is 0.427. The number of carbonyl (C=O) groups excluding carboxylic acids is 1. The van der Waals surface area contributed by atoms with E-state index in [4.69, 9.17) is 4.74 Å². The van der Waals surface area contributed by atoms with E-state index in [-0.39, 0.29) is 12.1 Å². The van der Waals surface area contributed by atoms with Gasteiger partial charge in [-0.05, 0) is 74.5 Å². The highest BCUT2D eigenvalue weighted by atomic mass is 16.5. The number of hydrogen-bond acceptors (Lipinski definition) is 2. The Kier molecular flexibility index (Phi) is 3.60. The largest absolute Gasteiger partial charge is 0.376 e. The van der Waals surface area contributed by atoms with E-state index in [0.29, 0.717) is 12.0 Å². The van der Waals surface area contributed by atoms with Crippen LogP contribution in [0.15, 0.2) is 0 Å². The number of hydrogen-bond donors (Lipinski definition) is 2. The Morgan fingerprint density at radius 2 is 1.71 bits per heavy atom. The topological polar surface area (TPSA) is 50.4 Å². The van der Waals surface area contributed by atoms with E-state index in [9.17, 15) is 4.79 Å². The molecule has 1 saturated heterocycles. The second-order valence-corrected chi connectivity index (χ2v) is 8.12. The Bertz CT molecular complexity index is 368. The van der Waals surface area contributed by atoms with Gasteiger partial charge in [-0.3, -0.25) is 0 Å². The average Bonchev–Trinajstić information content (AvgIpc) is 2.95. The summed E-state index contributed by atoms with van der Waals surface area (Å²) in [5.74, 6) is 2.86. The first-order valence-corrected chi connectivity index (χ1v) is 8.84. The van der Waals surface area contributed by atoms with Gasteiger partial charge < -0.3 is 15.4 Å². The molecule has 0 radical (unpaired) electrons. The molecule has 2 N–H and O–H groups in total. The quantitative estimate of drug-likeness (QED) is 0.837. The van der Waals surface area contributed by atoms with E-state index in [1.165, 1.54) is 38.5 Å². The van der Waals surface area contributed by atoms with Crippen LogP contribution in [0.1, 0.15) is 51.4 Å². The van der Waals surface area contributed by atoms with E-state index in [0.717, 1.165) is 43.7 Å². The second kappa shape index (κ2) is 5.45. The van der Waals surface area contributed by atoms with Gasteiger partial charge >= 0.3 is 6.03 Å². The molecule has 5 fully saturated rings. The molecule has 4 heteroatoms. The van der Waals surface area contributed by atoms with E-state index < -0.39 is 0 Å². The van der Waals surface area contributed by atoms with Crippen LogP contribution in [-0.4, -0.2) is 31.8 Å². The summed E-state index contributed by atoms with van der Waals surface area (Å²) in [6, 6.07) is 0.00115. The molecule has 5 aliphatic rings. The first-order valence-electron chi connectivity index (χ1n) is 8.84. The molecule has 0 aromatic rings. The van der Waals surface area contributed by atoms with Crippen molar-refractivity contribution in [3.8, 4) is 0 Å². The van der Waals surface area contributed by atoms with Crippen LogP contribution in [0, 0.1) is 23.2 Å². The van der Waals surface area contributed by atoms with Crippen LogP contribution in [0.4, 0.5) is 4.79 Å². The lowest BCUT2D eigenvalue weighted by atomic mass is 9.49. The molecular weight excluding hydrogens is 264 g/mol. The molecule has 4 bridgehead atoms. The van der Waals surface area contributed by atoms with Gasteiger partial charge in [-0.1, -0.05) is 0 Å². The maximum atomic E-state index is 12.0. The molecule has 5 rings (SSSR count). The van der Waals surface area contributed by atoms with Crippen molar-refractivity contribution >= 4 is 6.03 Å². The number of ether oxygens (including phenoxy) is 1. The number of rotatable bonds is 4. The van der Waals surface area contributed by atoms with Gasteiger partial charge in [0.15, 0.2) is 0 Å². The van der Waals surface area contributed by atoms with Crippen LogP contribution in [0.25, 0.3) is 0 Å². The van der Waals surface area contributed by atoms with Gasteiger partial charge in [-0.15, -0.1) is 0 Å². The minimum Gasteiger partial charge on any atom is -0.376 e. The van der Waals surface area contributed by atoms with Gasteiger partial charge in [-0.25, -0.2) is 4.79 Å². The van der Waals surface area contributed by atoms with E-state index in [1.807, 2.05) is 0 Å². The molecule has 0 aromatic carbocycles. The minimum atomic E-state index is 0.00115. The van der Waals surface area contributed by atoms with Crippen molar-refractivity contribution in [2.24, 2.45) is 23.2 Å². The van der Waals surface area contributed by atoms with Crippen molar-refractivity contribution in [1.29, 1.82) is 0 Å². The summed E-state index contributed by atoms with van der Waals surface area (Å²) in [4.78, 5) is 12.0. The molecule has 4 saturated carbocycles. The van der Waals surface area contributed by atoms with Crippen LogP contribution in [0.5, 0.6) is 0 Å². The highest BCUT2D eigenvalue weighted by Crippen LogP contribution is 2.59. The molecule has 1 aliphatic heterocycles. The summed E-state index contributed by atoms with van der Waals surface area (Å²) >= 11 is 0. The first-order chi connectivity index (χ1) is 10.2. The molecule has 21 heavy (non-hydrogen) atoms. The Hall–Kier alpha value is -0.770. The molecule has 0 aromatic heterocycles. The van der Waals surface area contributed by atoms with Gasteiger partial charge in [0.05, 0.1) is 6.10 Å². The molecule has 118 valence electrons. The summed E-state index contributed by atoms with van der Waals surface area (Å²) in [7, 11) is 0. The fraction of sp³-hybridized carbons (Fsp3) is 0.941. The second-order valence-electron chi connectivity index (χ2n) is 8.12. The lowest BCUT2D eigenvalue weighted by Crippen LogP contribution is -2.52. The average molecular weight is 292 g/mol. The van der Waals surface area contributed by atoms with Gasteiger partial charge in [0, 0.05) is 19.7 Å². The van der Waals surface area contributed by atoms with Crippen LogP contribution in [-0.2, 0) is 4.74 Å². The van der Waals surface area contributed by atoms with Crippen molar-refractivity contribution in [2.45, 2.75) is 57.5 Å². The lowest BCUT2D eigenvalue weighted by Gasteiger charge is -2.56. The highest BCUT2D eigenvalue weighted by molar-refractivity contribution is 5.73. The Morgan fingerprint density at radius 3 is 2.29 bits per heavy atom. The normalized spacial score (nSPS) is 44.0. The molecule has 1 atom stereocenters. The smallest absolute Gasteiger partial charge is 0.314 e. The summed E-state index contributed by atoms with van der Waals surface area (Å²) < 4.78 is 5.54. The lowest BCUT2D eigenvalue weighted by molar-refractivity contribution is -0.0498. The Balaban J connectivity index is 1.25. The van der Waals surface area contributed by atoms with Gasteiger partial charge in [0.2, 0.25) is 0 Å². The van der Waals surface area contributed by atoms with Crippen molar-refractivity contribution < 1.29 is 9.53 Å². The predicted molar refractivity (Wildman–Crippen MR) is 81.0 cm³/mol. The van der Waals surface area contributed by atoms with Gasteiger partial charge in [0.25, 0.3) is 0 Å². The Labute approximate surface area is 127 Å². The summed E-state index contributed by atoms with van der Waals surface area (Å²) in [6.07, 6.45) is 10.9. The number of carbonyl (C=O) groups is 1. The Morgan fingerprint density at radius 1 is 1.05 bits per heavy atom. The van der Waals surface area contributed by atoms with Crippen molar-refractivity contribution in [3.05, 3.63) is 0 Å². The molecule has 4 aliphatic carbocycles. The standard InChI is InChI=1S/C17H28N2O2/c20-16(18-10-15-2-1-3-21-15)19-11-17-7-12-4-13(8-17)6-14(5-12)9-17/h12-15H,1-11H2,(H2,18,19,20). The molecular formula is C17H28N2O2. The number of amides is 2. The zero-order valence-electron chi connectivity index (χ0n) is 12.9. The highest BCUT2D eigenvalue weighted by Gasteiger charge is 2.50. The molecule has 1 heterocycles. The predicted octanol–water partition coefficient (Wildman–Crippen LogP) is 2.68.